The highest BCUT2D eigenvalue weighted by atomic mass is 32.1. The molecular weight excluding hydrogens is 232 g/mol. The van der Waals surface area contributed by atoms with Crippen LogP contribution in [-0.4, -0.2) is 24.7 Å². The van der Waals surface area contributed by atoms with E-state index < -0.39 is 0 Å². The molecule has 3 N–H and O–H groups in total. The van der Waals surface area contributed by atoms with Gasteiger partial charge in [-0.25, -0.2) is 0 Å². The molecule has 0 spiro atoms. The Hall–Kier alpha value is -1.13. The number of benzene rings is 1. The second kappa shape index (κ2) is 6.57. The molecule has 0 bridgehead atoms. The predicted octanol–water partition coefficient (Wildman–Crippen LogP) is 2.47. The van der Waals surface area contributed by atoms with Crippen LogP contribution in [0.25, 0.3) is 0 Å². The van der Waals surface area contributed by atoms with E-state index in [2.05, 4.69) is 12.2 Å². The van der Waals surface area contributed by atoms with Crippen LogP contribution in [0.1, 0.15) is 24.5 Å². The monoisotopic (exact) mass is 252 g/mol. The molecule has 1 unspecified atom stereocenters. The van der Waals surface area contributed by atoms with Gasteiger partial charge in [0.2, 0.25) is 0 Å². The summed E-state index contributed by atoms with van der Waals surface area (Å²) in [5.74, 6) is 0. The highest BCUT2D eigenvalue weighted by Crippen LogP contribution is 2.19. The van der Waals surface area contributed by atoms with Gasteiger partial charge in [-0.1, -0.05) is 30.8 Å². The maximum absolute atomic E-state index is 5.73. The molecule has 1 aromatic carbocycles. The molecule has 0 aliphatic rings. The summed E-state index contributed by atoms with van der Waals surface area (Å²) in [5, 5.41) is 3.41. The van der Waals surface area contributed by atoms with Gasteiger partial charge in [0.25, 0.3) is 0 Å². The minimum Gasteiger partial charge on any atom is -0.389 e. The van der Waals surface area contributed by atoms with Gasteiger partial charge in [0.1, 0.15) is 4.99 Å². The van der Waals surface area contributed by atoms with Gasteiger partial charge in [0.15, 0.2) is 0 Å². The van der Waals surface area contributed by atoms with Crippen molar-refractivity contribution < 1.29 is 4.74 Å². The quantitative estimate of drug-likeness (QED) is 0.764. The first-order valence-corrected chi connectivity index (χ1v) is 6.15. The van der Waals surface area contributed by atoms with Gasteiger partial charge < -0.3 is 15.8 Å². The smallest absolute Gasteiger partial charge is 0.106 e. The van der Waals surface area contributed by atoms with Gasteiger partial charge in [-0.05, 0) is 25.5 Å². The van der Waals surface area contributed by atoms with Gasteiger partial charge >= 0.3 is 0 Å². The number of thiocarbonyl (C=S) groups is 1. The van der Waals surface area contributed by atoms with E-state index in [0.717, 1.165) is 23.2 Å². The number of ether oxygens (including phenoxy) is 1. The number of hydrogen-bond acceptors (Lipinski definition) is 3. The van der Waals surface area contributed by atoms with Crippen molar-refractivity contribution in [1.29, 1.82) is 0 Å². The molecule has 1 atom stereocenters. The molecule has 1 aromatic rings. The largest absolute Gasteiger partial charge is 0.389 e. The fraction of sp³-hybridized carbons (Fsp3) is 0.462. The third kappa shape index (κ3) is 3.98. The van der Waals surface area contributed by atoms with Crippen LogP contribution < -0.4 is 11.1 Å². The Labute approximate surface area is 108 Å². The van der Waals surface area contributed by atoms with Crippen molar-refractivity contribution in [2.75, 3.05) is 19.0 Å². The highest BCUT2D eigenvalue weighted by Gasteiger charge is 2.10. The van der Waals surface area contributed by atoms with Crippen molar-refractivity contribution in [3.8, 4) is 0 Å². The summed E-state index contributed by atoms with van der Waals surface area (Å²) in [6, 6.07) is 6.34. The zero-order valence-electron chi connectivity index (χ0n) is 10.6. The molecule has 94 valence electrons. The van der Waals surface area contributed by atoms with Crippen molar-refractivity contribution in [2.45, 2.75) is 26.3 Å². The first-order chi connectivity index (χ1) is 8.08. The van der Waals surface area contributed by atoms with Gasteiger partial charge in [-0.3, -0.25) is 0 Å². The molecule has 3 nitrogen and oxygen atoms in total. The molecule has 0 fully saturated rings. The van der Waals surface area contributed by atoms with Crippen molar-refractivity contribution in [2.24, 2.45) is 5.73 Å². The van der Waals surface area contributed by atoms with Gasteiger partial charge in [0, 0.05) is 24.4 Å². The summed E-state index contributed by atoms with van der Waals surface area (Å²) < 4.78 is 5.16. The molecule has 4 heteroatoms. The van der Waals surface area contributed by atoms with E-state index in [1.54, 1.807) is 7.11 Å². The molecule has 0 aliphatic carbocycles. The molecule has 0 saturated heterocycles. The first kappa shape index (κ1) is 13.9. The van der Waals surface area contributed by atoms with E-state index in [0.29, 0.717) is 11.6 Å². The van der Waals surface area contributed by atoms with E-state index in [4.69, 9.17) is 22.7 Å². The van der Waals surface area contributed by atoms with Gasteiger partial charge in [-0.15, -0.1) is 0 Å². The summed E-state index contributed by atoms with van der Waals surface area (Å²) in [4.78, 5) is 0.420. The maximum atomic E-state index is 5.73. The van der Waals surface area contributed by atoms with Crippen LogP contribution in [0, 0.1) is 6.92 Å². The Morgan fingerprint density at radius 2 is 2.24 bits per heavy atom. The Bertz CT molecular complexity index is 393. The topological polar surface area (TPSA) is 47.3 Å². The lowest BCUT2D eigenvalue weighted by molar-refractivity contribution is 0.184. The molecule has 0 aromatic heterocycles. The molecule has 0 amide bonds. The SMILES string of the molecule is CCC(COC)Nc1ccc(C)cc1C(N)=S. The van der Waals surface area contributed by atoms with Crippen LogP contribution in [0.2, 0.25) is 0 Å². The van der Waals surface area contributed by atoms with E-state index in [-0.39, 0.29) is 6.04 Å². The Morgan fingerprint density at radius 3 is 2.76 bits per heavy atom. The summed E-state index contributed by atoms with van der Waals surface area (Å²) in [5.41, 5.74) is 8.76. The molecule has 0 radical (unpaired) electrons. The van der Waals surface area contributed by atoms with E-state index in [9.17, 15) is 0 Å². The van der Waals surface area contributed by atoms with Crippen molar-refractivity contribution in [3.05, 3.63) is 29.3 Å². The Kier molecular flexibility index (Phi) is 5.38. The second-order valence-electron chi connectivity index (χ2n) is 4.12. The summed E-state index contributed by atoms with van der Waals surface area (Å²) >= 11 is 5.07. The maximum Gasteiger partial charge on any atom is 0.106 e. The lowest BCUT2D eigenvalue weighted by atomic mass is 10.1. The van der Waals surface area contributed by atoms with Crippen LogP contribution in [0.3, 0.4) is 0 Å². The van der Waals surface area contributed by atoms with Crippen molar-refractivity contribution in [1.82, 2.24) is 0 Å². The molecule has 0 saturated carbocycles. The Balaban J connectivity index is 2.92. The summed E-state index contributed by atoms with van der Waals surface area (Å²) in [6.07, 6.45) is 0.985. The molecule has 0 aliphatic heterocycles. The lowest BCUT2D eigenvalue weighted by Crippen LogP contribution is -2.25. The van der Waals surface area contributed by atoms with Crippen molar-refractivity contribution >= 4 is 22.9 Å². The number of rotatable bonds is 6. The van der Waals surface area contributed by atoms with Crippen LogP contribution in [-0.2, 0) is 4.74 Å². The lowest BCUT2D eigenvalue weighted by Gasteiger charge is -2.19. The average molecular weight is 252 g/mol. The fourth-order valence-corrected chi connectivity index (χ4v) is 1.84. The molecular formula is C13H20N2OS. The number of methoxy groups -OCH3 is 1. The number of aryl methyl sites for hydroxylation is 1. The standard InChI is InChI=1S/C13H20N2OS/c1-4-10(8-16-3)15-12-6-5-9(2)7-11(12)13(14)17/h5-7,10,15H,4,8H2,1-3H3,(H2,14,17). The van der Waals surface area contributed by atoms with Crippen molar-refractivity contribution in [3.63, 3.8) is 0 Å². The van der Waals surface area contributed by atoms with Crippen LogP contribution in [0.4, 0.5) is 5.69 Å². The number of nitrogens with two attached hydrogens (primary N) is 1. The van der Waals surface area contributed by atoms with Gasteiger partial charge in [-0.2, -0.15) is 0 Å². The zero-order chi connectivity index (χ0) is 12.8. The minimum absolute atomic E-state index is 0.274. The highest BCUT2D eigenvalue weighted by molar-refractivity contribution is 7.80. The van der Waals surface area contributed by atoms with E-state index >= 15 is 0 Å². The summed E-state index contributed by atoms with van der Waals surface area (Å²) in [7, 11) is 1.70. The van der Waals surface area contributed by atoms with E-state index in [1.165, 1.54) is 0 Å². The number of nitrogens with one attached hydrogen (secondary N) is 1. The number of anilines is 1. The normalized spacial score (nSPS) is 12.2. The average Bonchev–Trinajstić information content (AvgIpc) is 2.30. The Morgan fingerprint density at radius 1 is 1.53 bits per heavy atom. The zero-order valence-corrected chi connectivity index (χ0v) is 11.4. The third-order valence-electron chi connectivity index (χ3n) is 2.66. The van der Waals surface area contributed by atoms with Crippen LogP contribution in [0.5, 0.6) is 0 Å². The summed E-state index contributed by atoms with van der Waals surface area (Å²) in [6.45, 7) is 4.81. The third-order valence-corrected chi connectivity index (χ3v) is 2.88. The molecule has 1 rings (SSSR count). The molecule has 0 heterocycles. The van der Waals surface area contributed by atoms with E-state index in [1.807, 2.05) is 25.1 Å². The predicted molar refractivity (Wildman–Crippen MR) is 76.6 cm³/mol. The fourth-order valence-electron chi connectivity index (χ4n) is 1.67. The number of hydrogen-bond donors (Lipinski definition) is 2. The minimum atomic E-state index is 0.274. The van der Waals surface area contributed by atoms with Gasteiger partial charge in [0.05, 0.1) is 6.61 Å². The first-order valence-electron chi connectivity index (χ1n) is 5.74. The molecule has 17 heavy (non-hydrogen) atoms. The van der Waals surface area contributed by atoms with Crippen LogP contribution in [0.15, 0.2) is 18.2 Å². The second-order valence-corrected chi connectivity index (χ2v) is 4.56. The van der Waals surface area contributed by atoms with Crippen LogP contribution >= 0.6 is 12.2 Å².